The minimum absolute atomic E-state index is 0.204. The summed E-state index contributed by atoms with van der Waals surface area (Å²) in [6.45, 7) is 3.66. The number of hydrogen-bond donors (Lipinski definition) is 3. The van der Waals surface area contributed by atoms with Gasteiger partial charge >= 0.3 is 0 Å². The van der Waals surface area contributed by atoms with E-state index < -0.39 is 0 Å². The van der Waals surface area contributed by atoms with E-state index >= 15 is 0 Å². The Bertz CT molecular complexity index is 672. The van der Waals surface area contributed by atoms with Gasteiger partial charge in [-0.3, -0.25) is 16.0 Å². The average Bonchev–Trinajstić information content (AvgIpc) is 2.46. The molecule has 0 atom stereocenters. The summed E-state index contributed by atoms with van der Waals surface area (Å²) < 4.78 is 5.05. The van der Waals surface area contributed by atoms with E-state index in [1.807, 2.05) is 6.92 Å². The number of aryl methyl sites for hydroxylation is 2. The molecule has 1 amide bonds. The quantitative estimate of drug-likeness (QED) is 0.583. The highest BCUT2D eigenvalue weighted by Gasteiger charge is 2.10. The van der Waals surface area contributed by atoms with Crippen molar-refractivity contribution in [1.82, 2.24) is 9.97 Å². The zero-order chi connectivity index (χ0) is 15.4. The van der Waals surface area contributed by atoms with E-state index in [4.69, 9.17) is 10.6 Å². The summed E-state index contributed by atoms with van der Waals surface area (Å²) in [7, 11) is 1.51. The van der Waals surface area contributed by atoms with Crippen molar-refractivity contribution in [2.24, 2.45) is 5.84 Å². The van der Waals surface area contributed by atoms with Crippen LogP contribution in [0.3, 0.4) is 0 Å². The summed E-state index contributed by atoms with van der Waals surface area (Å²) in [6.07, 6.45) is 0. The summed E-state index contributed by atoms with van der Waals surface area (Å²) in [5, 5.41) is 2.65. The molecule has 0 bridgehead atoms. The van der Waals surface area contributed by atoms with Gasteiger partial charge in [-0.1, -0.05) is 0 Å². The van der Waals surface area contributed by atoms with E-state index in [2.05, 4.69) is 20.7 Å². The van der Waals surface area contributed by atoms with Gasteiger partial charge in [0.2, 0.25) is 11.8 Å². The number of carbonyl (C=O) groups is 1. The highest BCUT2D eigenvalue weighted by molar-refractivity contribution is 6.03. The van der Waals surface area contributed by atoms with Crippen molar-refractivity contribution in [2.75, 3.05) is 17.9 Å². The predicted octanol–water partition coefficient (Wildman–Crippen LogP) is 1.64. The van der Waals surface area contributed by atoms with Gasteiger partial charge in [-0.05, 0) is 37.6 Å². The number of nitrogens with one attached hydrogen (secondary N) is 2. The number of nitrogen functional groups attached to an aromatic ring is 1. The standard InChI is InChI=1S/C14H17N5O2/c1-8-6-10(4-5-11(8)19-15)13(20)18-14-16-9(2)7-12(17-14)21-3/h4-7,19H,15H2,1-3H3,(H,16,17,18,20). The first kappa shape index (κ1) is 14.7. The minimum atomic E-state index is -0.297. The first-order valence-electron chi connectivity index (χ1n) is 6.31. The van der Waals surface area contributed by atoms with Gasteiger partial charge in [0.25, 0.3) is 5.91 Å². The minimum Gasteiger partial charge on any atom is -0.481 e. The highest BCUT2D eigenvalue weighted by Crippen LogP contribution is 2.17. The first-order chi connectivity index (χ1) is 10.0. The van der Waals surface area contributed by atoms with Crippen LogP contribution in [0.2, 0.25) is 0 Å². The Morgan fingerprint density at radius 3 is 2.62 bits per heavy atom. The number of aromatic nitrogens is 2. The molecule has 0 aliphatic heterocycles. The summed E-state index contributed by atoms with van der Waals surface area (Å²) >= 11 is 0. The van der Waals surface area contributed by atoms with Crippen LogP contribution in [-0.4, -0.2) is 23.0 Å². The van der Waals surface area contributed by atoms with Crippen LogP contribution in [0.15, 0.2) is 24.3 Å². The molecule has 110 valence electrons. The molecule has 0 spiro atoms. The normalized spacial score (nSPS) is 10.1. The maximum atomic E-state index is 12.2. The third-order valence-corrected chi connectivity index (χ3v) is 2.91. The molecule has 2 aromatic rings. The SMILES string of the molecule is COc1cc(C)nc(NC(=O)c2ccc(NN)c(C)c2)n1. The second-order valence-corrected chi connectivity index (χ2v) is 4.50. The van der Waals surface area contributed by atoms with E-state index in [1.165, 1.54) is 7.11 Å². The largest absolute Gasteiger partial charge is 0.481 e. The fourth-order valence-electron chi connectivity index (χ4n) is 1.84. The molecule has 7 heteroatoms. The number of nitrogens with zero attached hydrogens (tertiary/aromatic N) is 2. The van der Waals surface area contributed by atoms with Gasteiger partial charge in [-0.2, -0.15) is 4.98 Å². The molecule has 0 unspecified atom stereocenters. The van der Waals surface area contributed by atoms with E-state index in [9.17, 15) is 4.79 Å². The third-order valence-electron chi connectivity index (χ3n) is 2.91. The van der Waals surface area contributed by atoms with Crippen molar-refractivity contribution in [3.05, 3.63) is 41.1 Å². The summed E-state index contributed by atoms with van der Waals surface area (Å²) in [5.74, 6) is 5.67. The molecule has 0 aliphatic rings. The van der Waals surface area contributed by atoms with Crippen molar-refractivity contribution in [2.45, 2.75) is 13.8 Å². The Labute approximate surface area is 122 Å². The molecule has 7 nitrogen and oxygen atoms in total. The van der Waals surface area contributed by atoms with Crippen molar-refractivity contribution in [1.29, 1.82) is 0 Å². The van der Waals surface area contributed by atoms with Gasteiger partial charge in [0.1, 0.15) is 0 Å². The molecule has 1 aromatic heterocycles. The maximum absolute atomic E-state index is 12.2. The number of methoxy groups -OCH3 is 1. The zero-order valence-corrected chi connectivity index (χ0v) is 12.1. The van der Waals surface area contributed by atoms with Crippen LogP contribution in [-0.2, 0) is 0 Å². The molecule has 0 aliphatic carbocycles. The second kappa shape index (κ2) is 6.19. The van der Waals surface area contributed by atoms with Crippen LogP contribution < -0.4 is 21.3 Å². The van der Waals surface area contributed by atoms with Crippen molar-refractivity contribution in [3.8, 4) is 5.88 Å². The van der Waals surface area contributed by atoms with Gasteiger partial charge < -0.3 is 10.2 Å². The molecular formula is C14H17N5O2. The Hall–Kier alpha value is -2.67. The molecule has 2 rings (SSSR count). The van der Waals surface area contributed by atoms with Crippen LogP contribution in [0.1, 0.15) is 21.6 Å². The highest BCUT2D eigenvalue weighted by atomic mass is 16.5. The number of carbonyl (C=O) groups excluding carboxylic acids is 1. The van der Waals surface area contributed by atoms with E-state index in [0.717, 1.165) is 11.3 Å². The molecule has 21 heavy (non-hydrogen) atoms. The van der Waals surface area contributed by atoms with Crippen LogP contribution in [0.5, 0.6) is 5.88 Å². The number of benzene rings is 1. The molecule has 1 heterocycles. The summed E-state index contributed by atoms with van der Waals surface area (Å²) in [6, 6.07) is 6.82. The maximum Gasteiger partial charge on any atom is 0.258 e. The van der Waals surface area contributed by atoms with Crippen LogP contribution >= 0.6 is 0 Å². The molecule has 4 N–H and O–H groups in total. The zero-order valence-electron chi connectivity index (χ0n) is 12.1. The van der Waals surface area contributed by atoms with Gasteiger partial charge in [-0.15, -0.1) is 0 Å². The van der Waals surface area contributed by atoms with E-state index in [-0.39, 0.29) is 11.9 Å². The van der Waals surface area contributed by atoms with Gasteiger partial charge in [0.05, 0.1) is 12.8 Å². The number of hydrazine groups is 1. The molecule has 0 fully saturated rings. The topological polar surface area (TPSA) is 102 Å². The Morgan fingerprint density at radius 2 is 2.00 bits per heavy atom. The molecular weight excluding hydrogens is 270 g/mol. The first-order valence-corrected chi connectivity index (χ1v) is 6.31. The van der Waals surface area contributed by atoms with Crippen LogP contribution in [0.25, 0.3) is 0 Å². The summed E-state index contributed by atoms with van der Waals surface area (Å²) in [5.41, 5.74) is 5.39. The number of anilines is 2. The van der Waals surface area contributed by atoms with E-state index in [1.54, 1.807) is 31.2 Å². The number of ether oxygens (including phenoxy) is 1. The second-order valence-electron chi connectivity index (χ2n) is 4.50. The van der Waals surface area contributed by atoms with Gasteiger partial charge in [0.15, 0.2) is 0 Å². The Kier molecular flexibility index (Phi) is 4.34. The van der Waals surface area contributed by atoms with E-state index in [0.29, 0.717) is 17.1 Å². The monoisotopic (exact) mass is 287 g/mol. The fraction of sp³-hybridized carbons (Fsp3) is 0.214. The Balaban J connectivity index is 2.21. The molecule has 0 saturated heterocycles. The lowest BCUT2D eigenvalue weighted by Gasteiger charge is -2.09. The third kappa shape index (κ3) is 3.46. The van der Waals surface area contributed by atoms with Crippen molar-refractivity contribution >= 4 is 17.5 Å². The number of nitrogens with two attached hydrogens (primary N) is 1. The Morgan fingerprint density at radius 1 is 1.24 bits per heavy atom. The molecule has 1 aromatic carbocycles. The lowest BCUT2D eigenvalue weighted by molar-refractivity contribution is 0.102. The molecule has 0 saturated carbocycles. The fourth-order valence-corrected chi connectivity index (χ4v) is 1.84. The number of rotatable bonds is 4. The van der Waals surface area contributed by atoms with Crippen LogP contribution in [0.4, 0.5) is 11.6 Å². The number of amides is 1. The van der Waals surface area contributed by atoms with Crippen molar-refractivity contribution in [3.63, 3.8) is 0 Å². The lowest BCUT2D eigenvalue weighted by Crippen LogP contribution is -2.15. The van der Waals surface area contributed by atoms with Crippen molar-refractivity contribution < 1.29 is 9.53 Å². The van der Waals surface area contributed by atoms with Gasteiger partial charge in [0, 0.05) is 17.3 Å². The average molecular weight is 287 g/mol. The number of hydrogen-bond acceptors (Lipinski definition) is 6. The molecule has 0 radical (unpaired) electrons. The van der Waals surface area contributed by atoms with Crippen LogP contribution in [0, 0.1) is 13.8 Å². The lowest BCUT2D eigenvalue weighted by atomic mass is 10.1. The predicted molar refractivity (Wildman–Crippen MR) is 80.3 cm³/mol. The van der Waals surface area contributed by atoms with Gasteiger partial charge in [-0.25, -0.2) is 4.98 Å². The summed E-state index contributed by atoms with van der Waals surface area (Å²) in [4.78, 5) is 20.4. The smallest absolute Gasteiger partial charge is 0.258 e.